The van der Waals surface area contributed by atoms with Crippen LogP contribution in [0, 0.1) is 11.7 Å². The Morgan fingerprint density at radius 1 is 1.42 bits per heavy atom. The summed E-state index contributed by atoms with van der Waals surface area (Å²) in [6.45, 7) is 0.152. The predicted molar refractivity (Wildman–Crippen MR) is 67.3 cm³/mol. The molecule has 1 aliphatic rings. The lowest BCUT2D eigenvalue weighted by molar-refractivity contribution is -0.142. The number of hydrogen-bond acceptors (Lipinski definition) is 3. The molecule has 0 radical (unpaired) electrons. The van der Waals surface area contributed by atoms with E-state index in [1.54, 1.807) is 0 Å². The number of hydrogen-bond donors (Lipinski definition) is 2. The molecule has 2 atom stereocenters. The topological polar surface area (TPSA) is 75.6 Å². The molecule has 2 rings (SSSR count). The van der Waals surface area contributed by atoms with Crippen LogP contribution in [0.25, 0.3) is 0 Å². The Hall–Kier alpha value is -1.47. The third-order valence-corrected chi connectivity index (χ3v) is 3.38. The van der Waals surface area contributed by atoms with Gasteiger partial charge in [0.05, 0.1) is 24.8 Å². The third-order valence-electron chi connectivity index (χ3n) is 2.89. The maximum atomic E-state index is 13.5. The smallest absolute Gasteiger partial charge is 0.311 e. The summed E-state index contributed by atoms with van der Waals surface area (Å²) in [5.74, 6) is -3.16. The predicted octanol–water partition coefficient (Wildman–Crippen LogP) is 1.42. The second-order valence-corrected chi connectivity index (χ2v) is 5.10. The van der Waals surface area contributed by atoms with Crippen molar-refractivity contribution in [3.8, 4) is 0 Å². The number of ether oxygens (including phenoxy) is 1. The van der Waals surface area contributed by atoms with Crippen molar-refractivity contribution in [2.24, 2.45) is 5.92 Å². The fourth-order valence-electron chi connectivity index (χ4n) is 1.86. The lowest BCUT2D eigenvalue weighted by Crippen LogP contribution is -2.42. The third kappa shape index (κ3) is 3.10. The second kappa shape index (κ2) is 5.66. The first kappa shape index (κ1) is 14.0. The largest absolute Gasteiger partial charge is 0.481 e. The van der Waals surface area contributed by atoms with Gasteiger partial charge in [-0.15, -0.1) is 0 Å². The van der Waals surface area contributed by atoms with Crippen LogP contribution in [0.4, 0.5) is 4.39 Å². The highest BCUT2D eigenvalue weighted by Gasteiger charge is 2.35. The molecule has 1 amide bonds. The van der Waals surface area contributed by atoms with Crippen molar-refractivity contribution in [2.75, 3.05) is 13.2 Å². The second-order valence-electron chi connectivity index (χ2n) is 4.19. The van der Waals surface area contributed by atoms with E-state index in [4.69, 9.17) is 9.84 Å². The van der Waals surface area contributed by atoms with Gasteiger partial charge < -0.3 is 15.2 Å². The number of aliphatic carboxylic acids is 1. The summed E-state index contributed by atoms with van der Waals surface area (Å²) in [6.07, 6.45) is 0. The zero-order chi connectivity index (χ0) is 14.0. The van der Waals surface area contributed by atoms with Crippen molar-refractivity contribution >= 4 is 27.8 Å². The van der Waals surface area contributed by atoms with Crippen LogP contribution in [0.3, 0.4) is 0 Å². The zero-order valence-electron chi connectivity index (χ0n) is 9.73. The van der Waals surface area contributed by atoms with Gasteiger partial charge in [-0.3, -0.25) is 9.59 Å². The Labute approximate surface area is 116 Å². The van der Waals surface area contributed by atoms with Crippen LogP contribution in [-0.2, 0) is 9.53 Å². The molecule has 5 nitrogen and oxygen atoms in total. The highest BCUT2D eigenvalue weighted by Crippen LogP contribution is 2.18. The van der Waals surface area contributed by atoms with Crippen molar-refractivity contribution in [1.82, 2.24) is 5.32 Å². The number of amides is 1. The molecule has 1 aromatic carbocycles. The molecule has 102 valence electrons. The van der Waals surface area contributed by atoms with Crippen LogP contribution < -0.4 is 5.32 Å². The lowest BCUT2D eigenvalue weighted by atomic mass is 10.0. The van der Waals surface area contributed by atoms with E-state index < -0.39 is 29.7 Å². The molecule has 0 bridgehead atoms. The SMILES string of the molecule is O=C(NC1COCC1C(=O)O)c1cc(Br)ccc1F. The van der Waals surface area contributed by atoms with Gasteiger partial charge >= 0.3 is 5.97 Å². The van der Waals surface area contributed by atoms with E-state index in [2.05, 4.69) is 21.2 Å². The summed E-state index contributed by atoms with van der Waals surface area (Å²) < 4.78 is 19.1. The van der Waals surface area contributed by atoms with Gasteiger partial charge in [-0.1, -0.05) is 15.9 Å². The molecule has 0 aromatic heterocycles. The van der Waals surface area contributed by atoms with E-state index in [0.717, 1.165) is 0 Å². The van der Waals surface area contributed by atoms with E-state index in [1.165, 1.54) is 18.2 Å². The van der Waals surface area contributed by atoms with E-state index in [9.17, 15) is 14.0 Å². The van der Waals surface area contributed by atoms with Gasteiger partial charge in [0, 0.05) is 4.47 Å². The Kier molecular flexibility index (Phi) is 4.16. The first-order chi connectivity index (χ1) is 8.99. The van der Waals surface area contributed by atoms with Crippen LogP contribution in [0.5, 0.6) is 0 Å². The number of rotatable bonds is 3. The number of carbonyl (C=O) groups is 2. The van der Waals surface area contributed by atoms with Crippen LogP contribution in [0.1, 0.15) is 10.4 Å². The molecule has 19 heavy (non-hydrogen) atoms. The van der Waals surface area contributed by atoms with Gasteiger partial charge in [0.15, 0.2) is 0 Å². The maximum absolute atomic E-state index is 13.5. The number of carbonyl (C=O) groups excluding carboxylic acids is 1. The fourth-order valence-corrected chi connectivity index (χ4v) is 2.22. The average Bonchev–Trinajstić information content (AvgIpc) is 2.80. The van der Waals surface area contributed by atoms with Gasteiger partial charge in [0.25, 0.3) is 5.91 Å². The summed E-state index contributed by atoms with van der Waals surface area (Å²) in [6, 6.07) is 3.34. The van der Waals surface area contributed by atoms with Gasteiger partial charge in [-0.25, -0.2) is 4.39 Å². The molecule has 0 spiro atoms. The summed E-state index contributed by atoms with van der Waals surface area (Å²) in [5.41, 5.74) is -0.134. The van der Waals surface area contributed by atoms with Crippen molar-refractivity contribution in [1.29, 1.82) is 0 Å². The van der Waals surface area contributed by atoms with Crippen LogP contribution in [-0.4, -0.2) is 36.2 Å². The minimum Gasteiger partial charge on any atom is -0.481 e. The van der Waals surface area contributed by atoms with E-state index >= 15 is 0 Å². The first-order valence-corrected chi connectivity index (χ1v) is 6.35. The number of nitrogens with one attached hydrogen (secondary N) is 1. The molecule has 1 fully saturated rings. The molecule has 1 aromatic rings. The van der Waals surface area contributed by atoms with Crippen molar-refractivity contribution in [3.63, 3.8) is 0 Å². The molecule has 1 heterocycles. The fraction of sp³-hybridized carbons (Fsp3) is 0.333. The van der Waals surface area contributed by atoms with E-state index in [-0.39, 0.29) is 18.8 Å². The number of benzene rings is 1. The maximum Gasteiger partial charge on any atom is 0.311 e. The summed E-state index contributed by atoms with van der Waals surface area (Å²) in [5, 5.41) is 11.4. The molecule has 1 aliphatic heterocycles. The quantitative estimate of drug-likeness (QED) is 0.878. The van der Waals surface area contributed by atoms with Gasteiger partial charge in [0.1, 0.15) is 11.7 Å². The lowest BCUT2D eigenvalue weighted by Gasteiger charge is -2.16. The Morgan fingerprint density at radius 3 is 2.84 bits per heavy atom. The Morgan fingerprint density at radius 2 is 2.16 bits per heavy atom. The number of halogens is 2. The molecule has 2 unspecified atom stereocenters. The minimum absolute atomic E-state index is 0.0429. The summed E-state index contributed by atoms with van der Waals surface area (Å²) >= 11 is 3.15. The average molecular weight is 332 g/mol. The molecule has 0 aliphatic carbocycles. The zero-order valence-corrected chi connectivity index (χ0v) is 11.3. The van der Waals surface area contributed by atoms with Crippen molar-refractivity contribution in [2.45, 2.75) is 6.04 Å². The van der Waals surface area contributed by atoms with Gasteiger partial charge in [0.2, 0.25) is 0 Å². The monoisotopic (exact) mass is 331 g/mol. The first-order valence-electron chi connectivity index (χ1n) is 5.55. The van der Waals surface area contributed by atoms with Crippen molar-refractivity contribution < 1.29 is 23.8 Å². The number of carboxylic acid groups (broad SMARTS) is 1. The van der Waals surface area contributed by atoms with Crippen LogP contribution in [0.2, 0.25) is 0 Å². The van der Waals surface area contributed by atoms with Crippen molar-refractivity contribution in [3.05, 3.63) is 34.1 Å². The number of carboxylic acids is 1. The summed E-state index contributed by atoms with van der Waals surface area (Å²) in [4.78, 5) is 22.9. The van der Waals surface area contributed by atoms with Gasteiger partial charge in [-0.2, -0.15) is 0 Å². The molecule has 7 heteroatoms. The van der Waals surface area contributed by atoms with Crippen LogP contribution >= 0.6 is 15.9 Å². The summed E-state index contributed by atoms with van der Waals surface area (Å²) in [7, 11) is 0. The van der Waals surface area contributed by atoms with Crippen LogP contribution in [0.15, 0.2) is 22.7 Å². The Bertz CT molecular complexity index is 522. The standard InChI is InChI=1S/C12H11BrFNO4/c13-6-1-2-9(14)7(3-6)11(16)15-10-5-19-4-8(10)12(17)18/h1-3,8,10H,4-5H2,(H,15,16)(H,17,18). The highest BCUT2D eigenvalue weighted by molar-refractivity contribution is 9.10. The molecule has 1 saturated heterocycles. The molecular formula is C12H11BrFNO4. The Balaban J connectivity index is 2.12. The van der Waals surface area contributed by atoms with E-state index in [1.807, 2.05) is 0 Å². The minimum atomic E-state index is -1.04. The molecule has 2 N–H and O–H groups in total. The normalized spacial score (nSPS) is 22.2. The highest BCUT2D eigenvalue weighted by atomic mass is 79.9. The van der Waals surface area contributed by atoms with Gasteiger partial charge in [-0.05, 0) is 18.2 Å². The molecular weight excluding hydrogens is 321 g/mol. The molecule has 0 saturated carbocycles. The van der Waals surface area contributed by atoms with E-state index in [0.29, 0.717) is 4.47 Å².